The molecular formula is C9H14O2S. The highest BCUT2D eigenvalue weighted by Gasteiger charge is 2.13. The van der Waals surface area contributed by atoms with Gasteiger partial charge in [0.1, 0.15) is 6.61 Å². The quantitative estimate of drug-likeness (QED) is 0.487. The lowest BCUT2D eigenvalue weighted by Gasteiger charge is -2.19. The minimum Gasteiger partial charge on any atom is -0.465 e. The number of thioether (sulfide) groups is 1. The molecule has 68 valence electrons. The lowest BCUT2D eigenvalue weighted by molar-refractivity contribution is -0.140. The predicted octanol–water partition coefficient (Wildman–Crippen LogP) is 2.00. The van der Waals surface area contributed by atoms with Gasteiger partial charge in [-0.25, -0.2) is 0 Å². The average molecular weight is 186 g/mol. The van der Waals surface area contributed by atoms with E-state index in [0.29, 0.717) is 11.9 Å². The molecule has 1 unspecified atom stereocenters. The van der Waals surface area contributed by atoms with Gasteiger partial charge in [0.15, 0.2) is 0 Å². The van der Waals surface area contributed by atoms with Gasteiger partial charge in [-0.15, -0.1) is 0 Å². The number of rotatable bonds is 2. The Labute approximate surface area is 77.4 Å². The van der Waals surface area contributed by atoms with E-state index in [9.17, 15) is 4.79 Å². The first kappa shape index (κ1) is 9.65. The number of hydrogen-bond acceptors (Lipinski definition) is 3. The number of hydrogen-bond donors (Lipinski definition) is 0. The molecule has 1 heterocycles. The van der Waals surface area contributed by atoms with Crippen LogP contribution in [0, 0.1) is 0 Å². The second-order valence-corrected chi connectivity index (χ2v) is 4.31. The van der Waals surface area contributed by atoms with Gasteiger partial charge in [-0.3, -0.25) is 4.79 Å². The molecule has 0 spiro atoms. The molecule has 0 aromatic rings. The van der Waals surface area contributed by atoms with Gasteiger partial charge in [-0.2, -0.15) is 11.8 Å². The van der Waals surface area contributed by atoms with E-state index < -0.39 is 0 Å². The highest BCUT2D eigenvalue weighted by Crippen LogP contribution is 2.24. The summed E-state index contributed by atoms with van der Waals surface area (Å²) < 4.78 is 4.93. The van der Waals surface area contributed by atoms with E-state index in [2.05, 4.69) is 13.0 Å². The molecule has 0 amide bonds. The van der Waals surface area contributed by atoms with Crippen molar-refractivity contribution in [3.8, 4) is 0 Å². The number of allylic oxidation sites excluding steroid dienone is 1. The van der Waals surface area contributed by atoms with Crippen molar-refractivity contribution in [2.24, 2.45) is 0 Å². The molecule has 1 rings (SSSR count). The zero-order chi connectivity index (χ0) is 8.97. The summed E-state index contributed by atoms with van der Waals surface area (Å²) in [4.78, 5) is 10.5. The van der Waals surface area contributed by atoms with Crippen molar-refractivity contribution in [3.63, 3.8) is 0 Å². The molecule has 12 heavy (non-hydrogen) atoms. The minimum absolute atomic E-state index is 0.179. The van der Waals surface area contributed by atoms with Crippen LogP contribution in [0.1, 0.15) is 20.3 Å². The third-order valence-corrected chi connectivity index (χ3v) is 3.17. The van der Waals surface area contributed by atoms with Gasteiger partial charge in [0.2, 0.25) is 0 Å². The van der Waals surface area contributed by atoms with Crippen molar-refractivity contribution in [1.82, 2.24) is 0 Å². The van der Waals surface area contributed by atoms with Gasteiger partial charge in [-0.05, 0) is 13.3 Å². The van der Waals surface area contributed by atoms with Crippen molar-refractivity contribution in [1.29, 1.82) is 0 Å². The van der Waals surface area contributed by atoms with E-state index in [-0.39, 0.29) is 5.97 Å². The topological polar surface area (TPSA) is 26.3 Å². The maximum Gasteiger partial charge on any atom is 0.302 e. The molecule has 2 nitrogen and oxygen atoms in total. The first-order valence-electron chi connectivity index (χ1n) is 4.09. The Morgan fingerprint density at radius 1 is 1.83 bits per heavy atom. The second kappa shape index (κ2) is 4.55. The number of carbonyl (C=O) groups is 1. The molecule has 0 N–H and O–H groups in total. The molecule has 1 aliphatic rings. The summed E-state index contributed by atoms with van der Waals surface area (Å²) >= 11 is 1.87. The van der Waals surface area contributed by atoms with Crippen molar-refractivity contribution in [2.45, 2.75) is 25.5 Å². The summed E-state index contributed by atoms with van der Waals surface area (Å²) in [5.41, 5.74) is 1.43. The van der Waals surface area contributed by atoms with Crippen LogP contribution in [0.25, 0.3) is 0 Å². The Morgan fingerprint density at radius 2 is 2.58 bits per heavy atom. The summed E-state index contributed by atoms with van der Waals surface area (Å²) in [7, 11) is 0. The lowest BCUT2D eigenvalue weighted by atomic mass is 10.2. The summed E-state index contributed by atoms with van der Waals surface area (Å²) in [6, 6.07) is 0. The van der Waals surface area contributed by atoms with Gasteiger partial charge in [-0.1, -0.05) is 11.6 Å². The molecule has 0 aromatic heterocycles. The Hall–Kier alpha value is -0.440. The van der Waals surface area contributed by atoms with E-state index in [1.807, 2.05) is 11.8 Å². The van der Waals surface area contributed by atoms with Crippen LogP contribution in [0.4, 0.5) is 0 Å². The molecular weight excluding hydrogens is 172 g/mol. The van der Waals surface area contributed by atoms with Gasteiger partial charge in [0, 0.05) is 17.9 Å². The van der Waals surface area contributed by atoms with Crippen LogP contribution in [0.15, 0.2) is 11.6 Å². The van der Waals surface area contributed by atoms with Gasteiger partial charge < -0.3 is 4.74 Å². The summed E-state index contributed by atoms with van der Waals surface area (Å²) in [5.74, 6) is 0.897. The van der Waals surface area contributed by atoms with Gasteiger partial charge >= 0.3 is 5.97 Å². The maximum absolute atomic E-state index is 10.5. The Morgan fingerprint density at radius 3 is 3.08 bits per heavy atom. The Bertz CT molecular complexity index is 199. The van der Waals surface area contributed by atoms with Gasteiger partial charge in [0.25, 0.3) is 0 Å². The normalized spacial score (nSPS) is 23.2. The van der Waals surface area contributed by atoms with Crippen molar-refractivity contribution in [2.75, 3.05) is 12.4 Å². The van der Waals surface area contributed by atoms with Crippen LogP contribution in [0.3, 0.4) is 0 Å². The third kappa shape index (κ3) is 3.30. The zero-order valence-electron chi connectivity index (χ0n) is 7.50. The molecule has 0 aromatic carbocycles. The number of esters is 1. The Kier molecular flexibility index (Phi) is 3.66. The van der Waals surface area contributed by atoms with Crippen LogP contribution >= 0.6 is 11.8 Å². The Balaban J connectivity index is 2.23. The highest BCUT2D eigenvalue weighted by molar-refractivity contribution is 8.00. The first-order chi connectivity index (χ1) is 5.68. The fraction of sp³-hybridized carbons (Fsp3) is 0.667. The van der Waals surface area contributed by atoms with Crippen molar-refractivity contribution >= 4 is 17.7 Å². The summed E-state index contributed by atoms with van der Waals surface area (Å²) in [6.45, 7) is 4.15. The average Bonchev–Trinajstić information content (AvgIpc) is 2.03. The lowest BCUT2D eigenvalue weighted by Crippen LogP contribution is -2.17. The largest absolute Gasteiger partial charge is 0.465 e. The second-order valence-electron chi connectivity index (χ2n) is 3.02. The van der Waals surface area contributed by atoms with Crippen molar-refractivity contribution < 1.29 is 9.53 Å². The van der Waals surface area contributed by atoms with Crippen LogP contribution in [-0.2, 0) is 9.53 Å². The van der Waals surface area contributed by atoms with Crippen LogP contribution in [-0.4, -0.2) is 23.6 Å². The van der Waals surface area contributed by atoms with Crippen LogP contribution in [0.5, 0.6) is 0 Å². The minimum atomic E-state index is -0.179. The summed E-state index contributed by atoms with van der Waals surface area (Å²) in [5, 5.41) is 0.470. The predicted molar refractivity (Wildman–Crippen MR) is 51.3 cm³/mol. The molecule has 0 aliphatic carbocycles. The zero-order valence-corrected chi connectivity index (χ0v) is 8.32. The standard InChI is InChI=1S/C9H14O2S/c1-7-3-4-9(12-6-7)5-11-8(2)10/h3,9H,4-6H2,1-2H3. The highest BCUT2D eigenvalue weighted by atomic mass is 32.2. The third-order valence-electron chi connectivity index (χ3n) is 1.75. The fourth-order valence-corrected chi connectivity index (χ4v) is 2.05. The van der Waals surface area contributed by atoms with E-state index in [4.69, 9.17) is 4.74 Å². The van der Waals surface area contributed by atoms with E-state index in [0.717, 1.165) is 12.2 Å². The molecule has 3 heteroatoms. The summed E-state index contributed by atoms with van der Waals surface area (Å²) in [6.07, 6.45) is 3.26. The molecule has 1 aliphatic heterocycles. The molecule has 0 bridgehead atoms. The molecule has 0 fully saturated rings. The SMILES string of the molecule is CC(=O)OCC1CC=C(C)CS1. The van der Waals surface area contributed by atoms with Crippen molar-refractivity contribution in [3.05, 3.63) is 11.6 Å². The smallest absolute Gasteiger partial charge is 0.302 e. The van der Waals surface area contributed by atoms with Gasteiger partial charge in [0.05, 0.1) is 0 Å². The van der Waals surface area contributed by atoms with Crippen LogP contribution < -0.4 is 0 Å². The van der Waals surface area contributed by atoms with E-state index >= 15 is 0 Å². The number of carbonyl (C=O) groups excluding carboxylic acids is 1. The van der Waals surface area contributed by atoms with E-state index in [1.165, 1.54) is 12.5 Å². The molecule has 0 saturated heterocycles. The first-order valence-corrected chi connectivity index (χ1v) is 5.14. The number of ether oxygens (including phenoxy) is 1. The molecule has 0 radical (unpaired) electrons. The fourth-order valence-electron chi connectivity index (χ4n) is 1.04. The molecule has 1 atom stereocenters. The maximum atomic E-state index is 10.5. The monoisotopic (exact) mass is 186 g/mol. The van der Waals surface area contributed by atoms with Crippen LogP contribution in [0.2, 0.25) is 0 Å². The molecule has 0 saturated carbocycles. The van der Waals surface area contributed by atoms with E-state index in [1.54, 1.807) is 0 Å².